The van der Waals surface area contributed by atoms with E-state index in [1.54, 1.807) is 0 Å². The second-order valence-corrected chi connectivity index (χ2v) is 2.18. The van der Waals surface area contributed by atoms with Gasteiger partial charge in [-0.25, -0.2) is 0 Å². The number of hydrogen-bond donors (Lipinski definition) is 3. The first kappa shape index (κ1) is 9.17. The molecule has 1 rings (SSSR count). The van der Waals surface area contributed by atoms with Crippen molar-refractivity contribution >= 4 is 12.4 Å². The lowest BCUT2D eigenvalue weighted by atomic mass is 10.2. The summed E-state index contributed by atoms with van der Waals surface area (Å²) in [5.74, 6) is 0. The van der Waals surface area contributed by atoms with Gasteiger partial charge in [0.1, 0.15) is 0 Å². The molecule has 3 nitrogen and oxygen atoms in total. The smallest absolute Gasteiger partial charge is 0.0680 e. The van der Waals surface area contributed by atoms with Crippen LogP contribution in [-0.2, 0) is 0 Å². The number of β-amino-alcohol motifs (C(OH)–C–C–N with tert-alkyl or cyclic N) is 1. The number of hydrogen-bond acceptors (Lipinski definition) is 3. The highest BCUT2D eigenvalue weighted by Crippen LogP contribution is 2.03. The van der Waals surface area contributed by atoms with Gasteiger partial charge in [-0.05, 0) is 6.42 Å². The van der Waals surface area contributed by atoms with Crippen LogP contribution in [0.25, 0.3) is 0 Å². The molecule has 1 saturated heterocycles. The van der Waals surface area contributed by atoms with Crippen LogP contribution in [0.15, 0.2) is 0 Å². The van der Waals surface area contributed by atoms with E-state index in [1.807, 2.05) is 0 Å². The molecule has 1 aliphatic rings. The fourth-order valence-electron chi connectivity index (χ4n) is 0.937. The lowest BCUT2D eigenvalue weighted by Crippen LogP contribution is -2.24. The first-order valence-electron chi connectivity index (χ1n) is 2.85. The van der Waals surface area contributed by atoms with Gasteiger partial charge in [-0.1, -0.05) is 0 Å². The molecule has 0 radical (unpaired) electrons. The van der Waals surface area contributed by atoms with Crippen molar-refractivity contribution in [1.29, 1.82) is 0 Å². The summed E-state index contributed by atoms with van der Waals surface area (Å²) in [6.07, 6.45) is 0.448. The highest BCUT2D eigenvalue weighted by Gasteiger charge is 2.20. The minimum absolute atomic E-state index is 0. The molecule has 4 heteroatoms. The van der Waals surface area contributed by atoms with Gasteiger partial charge in [0.15, 0.2) is 0 Å². The number of aliphatic hydroxyl groups excluding tert-OH is 2. The standard InChI is InChI=1S/C5H11NO2.ClH/c7-3-4-1-5(8)2-6-4;/h4-8H,1-3H2;1H/t4-,5-;/m1./s1. The molecule has 0 aromatic heterocycles. The average Bonchev–Trinajstić information content (AvgIpc) is 2.14. The van der Waals surface area contributed by atoms with Crippen molar-refractivity contribution in [3.05, 3.63) is 0 Å². The molecule has 0 amide bonds. The lowest BCUT2D eigenvalue weighted by Gasteiger charge is -2.01. The molecular formula is C5H12ClNO2. The van der Waals surface area contributed by atoms with Gasteiger partial charge < -0.3 is 15.5 Å². The summed E-state index contributed by atoms with van der Waals surface area (Å²) in [5, 5.41) is 20.3. The van der Waals surface area contributed by atoms with E-state index in [4.69, 9.17) is 10.2 Å². The quantitative estimate of drug-likeness (QED) is 0.459. The zero-order valence-corrected chi connectivity index (χ0v) is 5.90. The molecule has 0 spiro atoms. The molecule has 56 valence electrons. The Balaban J connectivity index is 0.000000640. The van der Waals surface area contributed by atoms with Crippen LogP contribution in [0.1, 0.15) is 6.42 Å². The highest BCUT2D eigenvalue weighted by atomic mass is 35.5. The maximum absolute atomic E-state index is 8.86. The normalized spacial score (nSPS) is 34.0. The Hall–Kier alpha value is 0.170. The molecule has 0 aliphatic carbocycles. The van der Waals surface area contributed by atoms with E-state index in [0.717, 1.165) is 0 Å². The van der Waals surface area contributed by atoms with Gasteiger partial charge in [0, 0.05) is 12.6 Å². The van der Waals surface area contributed by atoms with Gasteiger partial charge in [-0.2, -0.15) is 0 Å². The fourth-order valence-corrected chi connectivity index (χ4v) is 0.937. The molecule has 0 aromatic carbocycles. The van der Waals surface area contributed by atoms with Gasteiger partial charge >= 0.3 is 0 Å². The van der Waals surface area contributed by atoms with Crippen molar-refractivity contribution in [2.75, 3.05) is 13.2 Å². The molecule has 0 unspecified atom stereocenters. The van der Waals surface area contributed by atoms with Crippen LogP contribution in [0.2, 0.25) is 0 Å². The Morgan fingerprint density at radius 3 is 2.44 bits per heavy atom. The number of aliphatic hydroxyl groups is 2. The van der Waals surface area contributed by atoms with Gasteiger partial charge in [0.25, 0.3) is 0 Å². The van der Waals surface area contributed by atoms with Gasteiger partial charge in [-0.3, -0.25) is 0 Å². The molecule has 0 aromatic rings. The third kappa shape index (κ3) is 2.49. The van der Waals surface area contributed by atoms with Crippen molar-refractivity contribution in [3.8, 4) is 0 Å². The van der Waals surface area contributed by atoms with Crippen LogP contribution >= 0.6 is 12.4 Å². The zero-order valence-electron chi connectivity index (χ0n) is 5.08. The monoisotopic (exact) mass is 153 g/mol. The van der Waals surface area contributed by atoms with E-state index in [1.165, 1.54) is 0 Å². The minimum atomic E-state index is -0.243. The number of halogens is 1. The average molecular weight is 154 g/mol. The van der Waals surface area contributed by atoms with Crippen molar-refractivity contribution in [3.63, 3.8) is 0 Å². The maximum Gasteiger partial charge on any atom is 0.0680 e. The molecule has 0 saturated carbocycles. The Morgan fingerprint density at radius 2 is 2.22 bits per heavy atom. The summed E-state index contributed by atoms with van der Waals surface area (Å²) in [4.78, 5) is 0. The van der Waals surface area contributed by atoms with Crippen LogP contribution in [0, 0.1) is 0 Å². The largest absolute Gasteiger partial charge is 0.395 e. The molecule has 0 bridgehead atoms. The molecule has 2 atom stereocenters. The van der Waals surface area contributed by atoms with E-state index in [2.05, 4.69) is 5.32 Å². The van der Waals surface area contributed by atoms with E-state index in [0.29, 0.717) is 13.0 Å². The third-order valence-corrected chi connectivity index (χ3v) is 1.42. The number of rotatable bonds is 1. The summed E-state index contributed by atoms with van der Waals surface area (Å²) in [6, 6.07) is 0.130. The predicted octanol–water partition coefficient (Wildman–Crippen LogP) is -0.877. The Bertz CT molecular complexity index is 81.4. The van der Waals surface area contributed by atoms with E-state index in [9.17, 15) is 0 Å². The third-order valence-electron chi connectivity index (χ3n) is 1.42. The van der Waals surface area contributed by atoms with E-state index < -0.39 is 0 Å². The molecule has 9 heavy (non-hydrogen) atoms. The van der Waals surface area contributed by atoms with Crippen LogP contribution < -0.4 is 5.32 Å². The van der Waals surface area contributed by atoms with Crippen molar-refractivity contribution in [1.82, 2.24) is 5.32 Å². The van der Waals surface area contributed by atoms with Crippen molar-refractivity contribution < 1.29 is 10.2 Å². The number of nitrogens with one attached hydrogen (secondary N) is 1. The summed E-state index contributed by atoms with van der Waals surface area (Å²) < 4.78 is 0. The summed E-state index contributed by atoms with van der Waals surface area (Å²) >= 11 is 0. The molecule has 3 N–H and O–H groups in total. The Morgan fingerprint density at radius 1 is 1.56 bits per heavy atom. The van der Waals surface area contributed by atoms with Crippen molar-refractivity contribution in [2.45, 2.75) is 18.6 Å². The van der Waals surface area contributed by atoms with Crippen LogP contribution in [0.3, 0.4) is 0 Å². The first-order chi connectivity index (χ1) is 3.83. The second-order valence-electron chi connectivity index (χ2n) is 2.18. The van der Waals surface area contributed by atoms with E-state index >= 15 is 0 Å². The summed E-state index contributed by atoms with van der Waals surface area (Å²) in [5.41, 5.74) is 0. The van der Waals surface area contributed by atoms with Gasteiger partial charge in [0.2, 0.25) is 0 Å². The Labute approximate surface area is 60.5 Å². The van der Waals surface area contributed by atoms with E-state index in [-0.39, 0.29) is 31.2 Å². The predicted molar refractivity (Wildman–Crippen MR) is 36.7 cm³/mol. The molecule has 1 aliphatic heterocycles. The fraction of sp³-hybridized carbons (Fsp3) is 1.00. The molecule has 1 fully saturated rings. The minimum Gasteiger partial charge on any atom is -0.395 e. The SMILES string of the molecule is Cl.OC[C@H]1C[C@@H](O)CN1. The zero-order chi connectivity index (χ0) is 5.98. The second kappa shape index (κ2) is 4.06. The van der Waals surface area contributed by atoms with Crippen molar-refractivity contribution in [2.24, 2.45) is 0 Å². The van der Waals surface area contributed by atoms with Crippen LogP contribution in [-0.4, -0.2) is 35.5 Å². The highest BCUT2D eigenvalue weighted by molar-refractivity contribution is 5.85. The summed E-state index contributed by atoms with van der Waals surface area (Å²) in [7, 11) is 0. The first-order valence-corrected chi connectivity index (χ1v) is 2.85. The molecular weight excluding hydrogens is 142 g/mol. The lowest BCUT2D eigenvalue weighted by molar-refractivity contribution is 0.184. The maximum atomic E-state index is 8.86. The molecule has 1 heterocycles. The van der Waals surface area contributed by atoms with Crippen LogP contribution in [0.5, 0.6) is 0 Å². The van der Waals surface area contributed by atoms with Gasteiger partial charge in [0.05, 0.1) is 12.7 Å². The summed E-state index contributed by atoms with van der Waals surface area (Å²) in [6.45, 7) is 0.766. The van der Waals surface area contributed by atoms with Crippen LogP contribution in [0.4, 0.5) is 0 Å². The Kier molecular flexibility index (Phi) is 4.14. The topological polar surface area (TPSA) is 52.5 Å². The van der Waals surface area contributed by atoms with Gasteiger partial charge in [-0.15, -0.1) is 12.4 Å².